The van der Waals surface area contributed by atoms with E-state index in [4.69, 9.17) is 4.99 Å². The molecular weight excluding hydrogens is 391 g/mol. The molecule has 0 radical (unpaired) electrons. The average Bonchev–Trinajstić information content (AvgIpc) is 3.39. The minimum Gasteiger partial charge on any atom is -0.345 e. The number of rotatable bonds is 2. The normalized spacial score (nSPS) is 20.0. The zero-order valence-electron chi connectivity index (χ0n) is 17.3. The highest BCUT2D eigenvalue weighted by Crippen LogP contribution is 2.44. The van der Waals surface area contributed by atoms with Gasteiger partial charge < -0.3 is 4.90 Å². The summed E-state index contributed by atoms with van der Waals surface area (Å²) in [5.74, 6) is 0.696. The summed E-state index contributed by atoms with van der Waals surface area (Å²) in [6, 6.07) is 13.6. The molecule has 2 aliphatic heterocycles. The fourth-order valence-electron chi connectivity index (χ4n) is 4.75. The SMILES string of the molecule is Cc1ccc2c(c1)CCN1C2=NC(c2ccc3ncnn3c2)C1c1ccc(F)c(C)n1. The molecule has 2 unspecified atom stereocenters. The lowest BCUT2D eigenvalue weighted by Gasteiger charge is -2.34. The van der Waals surface area contributed by atoms with Crippen molar-refractivity contribution in [2.75, 3.05) is 6.54 Å². The second kappa shape index (κ2) is 6.70. The molecule has 154 valence electrons. The molecule has 31 heavy (non-hydrogen) atoms. The number of aryl methyl sites for hydroxylation is 2. The first-order chi connectivity index (χ1) is 15.1. The van der Waals surface area contributed by atoms with Crippen LogP contribution in [0.4, 0.5) is 4.39 Å². The van der Waals surface area contributed by atoms with Crippen molar-refractivity contribution in [3.63, 3.8) is 0 Å². The summed E-state index contributed by atoms with van der Waals surface area (Å²) in [5, 5.41) is 4.29. The second-order valence-corrected chi connectivity index (χ2v) is 8.27. The number of hydrogen-bond donors (Lipinski definition) is 0. The minimum absolute atomic E-state index is 0.107. The number of nitrogens with zero attached hydrogens (tertiary/aromatic N) is 6. The molecule has 0 amide bonds. The van der Waals surface area contributed by atoms with Gasteiger partial charge in [-0.1, -0.05) is 29.8 Å². The van der Waals surface area contributed by atoms with Crippen molar-refractivity contribution >= 4 is 11.5 Å². The van der Waals surface area contributed by atoms with E-state index in [0.29, 0.717) is 5.69 Å². The van der Waals surface area contributed by atoms with Gasteiger partial charge in [-0.25, -0.2) is 13.9 Å². The number of fused-ring (bicyclic) bond motifs is 4. The minimum atomic E-state index is -0.289. The van der Waals surface area contributed by atoms with Crippen LogP contribution in [-0.4, -0.2) is 36.9 Å². The lowest BCUT2D eigenvalue weighted by atomic mass is 9.94. The number of aromatic nitrogens is 4. The maximum Gasteiger partial charge on any atom is 0.155 e. The molecule has 0 N–H and O–H groups in total. The quantitative estimate of drug-likeness (QED) is 0.500. The summed E-state index contributed by atoms with van der Waals surface area (Å²) >= 11 is 0. The van der Waals surface area contributed by atoms with Crippen LogP contribution in [0.1, 0.15) is 45.7 Å². The molecule has 6 rings (SSSR count). The molecule has 2 aliphatic rings. The lowest BCUT2D eigenvalue weighted by molar-refractivity contribution is 0.302. The Morgan fingerprint density at radius 2 is 1.97 bits per heavy atom. The Kier molecular flexibility index (Phi) is 3.93. The Hall–Kier alpha value is -3.61. The van der Waals surface area contributed by atoms with Crippen LogP contribution >= 0.6 is 0 Å². The van der Waals surface area contributed by atoms with Gasteiger partial charge in [-0.2, -0.15) is 5.10 Å². The van der Waals surface area contributed by atoms with Crippen molar-refractivity contribution in [2.24, 2.45) is 4.99 Å². The number of pyridine rings is 2. The highest BCUT2D eigenvalue weighted by Gasteiger charge is 2.42. The first-order valence-electron chi connectivity index (χ1n) is 10.5. The summed E-state index contributed by atoms with van der Waals surface area (Å²) < 4.78 is 15.8. The van der Waals surface area contributed by atoms with Gasteiger partial charge in [-0.15, -0.1) is 0 Å². The standard InChI is InChI=1S/C24H21FN6/c1-14-3-5-18-16(11-14)9-10-30-23(20-7-6-19(25)15(2)28-20)22(29-24(18)30)17-4-8-21-26-13-27-31(21)12-17/h3-8,11-13,22-23H,9-10H2,1-2H3. The van der Waals surface area contributed by atoms with Crippen LogP contribution in [-0.2, 0) is 6.42 Å². The van der Waals surface area contributed by atoms with Crippen molar-refractivity contribution in [3.8, 4) is 0 Å². The Morgan fingerprint density at radius 1 is 1.06 bits per heavy atom. The van der Waals surface area contributed by atoms with Crippen molar-refractivity contribution in [2.45, 2.75) is 32.4 Å². The first kappa shape index (κ1) is 18.2. The van der Waals surface area contributed by atoms with Crippen LogP contribution in [0.2, 0.25) is 0 Å². The van der Waals surface area contributed by atoms with Gasteiger partial charge in [-0.3, -0.25) is 9.98 Å². The third kappa shape index (κ3) is 2.84. The van der Waals surface area contributed by atoms with E-state index >= 15 is 0 Å². The monoisotopic (exact) mass is 412 g/mol. The molecule has 0 spiro atoms. The van der Waals surface area contributed by atoms with Gasteiger partial charge in [0.1, 0.15) is 24.0 Å². The molecule has 0 saturated heterocycles. The molecule has 3 aromatic heterocycles. The molecule has 6 nitrogen and oxygen atoms in total. The molecule has 2 atom stereocenters. The summed E-state index contributed by atoms with van der Waals surface area (Å²) in [6.07, 6.45) is 4.47. The average molecular weight is 412 g/mol. The number of aliphatic imine (C=N–C) groups is 1. The lowest BCUT2D eigenvalue weighted by Crippen LogP contribution is -2.38. The fraction of sp³-hybridized carbons (Fsp3) is 0.250. The number of amidine groups is 1. The van der Waals surface area contributed by atoms with Gasteiger partial charge in [-0.05, 0) is 49.6 Å². The van der Waals surface area contributed by atoms with Crippen molar-refractivity contribution < 1.29 is 4.39 Å². The highest BCUT2D eigenvalue weighted by molar-refractivity contribution is 6.02. The summed E-state index contributed by atoms with van der Waals surface area (Å²) in [4.78, 5) is 16.4. The van der Waals surface area contributed by atoms with Crippen molar-refractivity contribution in [1.82, 2.24) is 24.5 Å². The van der Waals surface area contributed by atoms with E-state index in [-0.39, 0.29) is 17.9 Å². The number of benzene rings is 1. The topological polar surface area (TPSA) is 58.7 Å². The Morgan fingerprint density at radius 3 is 2.84 bits per heavy atom. The summed E-state index contributed by atoms with van der Waals surface area (Å²) in [7, 11) is 0. The van der Waals surface area contributed by atoms with Gasteiger partial charge in [0.05, 0.1) is 17.4 Å². The molecule has 5 heterocycles. The molecular formula is C24H21FN6. The van der Waals surface area contributed by atoms with E-state index in [1.54, 1.807) is 23.8 Å². The van der Waals surface area contributed by atoms with E-state index in [1.807, 2.05) is 12.3 Å². The first-order valence-corrected chi connectivity index (χ1v) is 10.5. The number of hydrogen-bond acceptors (Lipinski definition) is 5. The predicted octanol–water partition coefficient (Wildman–Crippen LogP) is 3.98. The molecule has 1 aromatic carbocycles. The Labute approximate surface area is 179 Å². The predicted molar refractivity (Wildman–Crippen MR) is 116 cm³/mol. The maximum absolute atomic E-state index is 14.0. The fourth-order valence-corrected chi connectivity index (χ4v) is 4.75. The van der Waals surface area contributed by atoms with E-state index < -0.39 is 0 Å². The molecule has 0 saturated carbocycles. The molecule has 4 aromatic rings. The number of halogens is 1. The second-order valence-electron chi connectivity index (χ2n) is 8.27. The third-order valence-electron chi connectivity index (χ3n) is 6.28. The van der Waals surface area contributed by atoms with Gasteiger partial charge in [0.15, 0.2) is 5.65 Å². The largest absolute Gasteiger partial charge is 0.345 e. The van der Waals surface area contributed by atoms with Gasteiger partial charge in [0.2, 0.25) is 0 Å². The van der Waals surface area contributed by atoms with Crippen molar-refractivity contribution in [3.05, 3.63) is 94.4 Å². The van der Waals surface area contributed by atoms with Crippen LogP contribution < -0.4 is 0 Å². The molecule has 0 fully saturated rings. The molecule has 0 bridgehead atoms. The Balaban J connectivity index is 1.52. The maximum atomic E-state index is 14.0. The van der Waals surface area contributed by atoms with Crippen LogP contribution in [0.25, 0.3) is 5.65 Å². The Bertz CT molecular complexity index is 1360. The zero-order valence-corrected chi connectivity index (χ0v) is 17.3. The molecule has 7 heteroatoms. The highest BCUT2D eigenvalue weighted by atomic mass is 19.1. The van der Waals surface area contributed by atoms with Crippen LogP contribution in [0, 0.1) is 19.7 Å². The van der Waals surface area contributed by atoms with E-state index in [2.05, 4.69) is 51.2 Å². The van der Waals surface area contributed by atoms with Gasteiger partial charge in [0.25, 0.3) is 0 Å². The zero-order chi connectivity index (χ0) is 21.1. The summed E-state index contributed by atoms with van der Waals surface area (Å²) in [6.45, 7) is 4.67. The third-order valence-corrected chi connectivity index (χ3v) is 6.28. The van der Waals surface area contributed by atoms with Crippen molar-refractivity contribution in [1.29, 1.82) is 0 Å². The van der Waals surface area contributed by atoms with E-state index in [1.165, 1.54) is 22.8 Å². The van der Waals surface area contributed by atoms with Crippen LogP contribution in [0.3, 0.4) is 0 Å². The smallest absolute Gasteiger partial charge is 0.155 e. The van der Waals surface area contributed by atoms with Crippen LogP contribution in [0.5, 0.6) is 0 Å². The van der Waals surface area contributed by atoms with E-state index in [9.17, 15) is 4.39 Å². The van der Waals surface area contributed by atoms with Crippen LogP contribution in [0.15, 0.2) is 60.0 Å². The summed E-state index contributed by atoms with van der Waals surface area (Å²) in [5.41, 5.74) is 6.81. The van der Waals surface area contributed by atoms with E-state index in [0.717, 1.165) is 35.7 Å². The molecule has 0 aliphatic carbocycles. The van der Waals surface area contributed by atoms with Gasteiger partial charge in [0, 0.05) is 18.3 Å². The van der Waals surface area contributed by atoms with Gasteiger partial charge >= 0.3 is 0 Å².